The molecule has 0 saturated heterocycles. The van der Waals surface area contributed by atoms with E-state index in [9.17, 15) is 9.18 Å². The van der Waals surface area contributed by atoms with Crippen LogP contribution in [0.2, 0.25) is 0 Å². The van der Waals surface area contributed by atoms with Gasteiger partial charge >= 0.3 is 0 Å². The predicted molar refractivity (Wildman–Crippen MR) is 82.6 cm³/mol. The zero-order valence-corrected chi connectivity index (χ0v) is 12.2. The molecule has 0 aliphatic carbocycles. The summed E-state index contributed by atoms with van der Waals surface area (Å²) in [5.41, 5.74) is 3.29. The average molecular weight is 285 g/mol. The first-order valence-electron chi connectivity index (χ1n) is 7.20. The van der Waals surface area contributed by atoms with Crippen molar-refractivity contribution in [2.75, 3.05) is 6.54 Å². The average Bonchev–Trinajstić information content (AvgIpc) is 2.47. The molecule has 0 aliphatic heterocycles. The second-order valence-electron chi connectivity index (χ2n) is 5.22. The zero-order valence-electron chi connectivity index (χ0n) is 12.2. The van der Waals surface area contributed by atoms with Crippen LogP contribution in [0.1, 0.15) is 23.1 Å². The maximum Gasteiger partial charge on any atom is 0.220 e. The van der Waals surface area contributed by atoms with Gasteiger partial charge in [-0.25, -0.2) is 4.39 Å². The van der Waals surface area contributed by atoms with Crippen molar-refractivity contribution in [3.63, 3.8) is 0 Å². The van der Waals surface area contributed by atoms with E-state index >= 15 is 0 Å². The van der Waals surface area contributed by atoms with Crippen LogP contribution in [0.15, 0.2) is 48.5 Å². The molecular weight excluding hydrogens is 265 g/mol. The van der Waals surface area contributed by atoms with Crippen LogP contribution in [0, 0.1) is 12.7 Å². The maximum absolute atomic E-state index is 13.0. The number of carbonyl (C=O) groups excluding carboxylic acids is 1. The standard InChI is InChI=1S/C18H20FNO/c1-14-5-7-15(8-6-14)9-10-18(21)20-12-11-16-3-2-4-17(19)13-16/h2-8,13H,9-12H2,1H3,(H,20,21). The first-order chi connectivity index (χ1) is 10.1. The van der Waals surface area contributed by atoms with Gasteiger partial charge in [0.1, 0.15) is 5.82 Å². The van der Waals surface area contributed by atoms with Crippen LogP contribution in [0.25, 0.3) is 0 Å². The van der Waals surface area contributed by atoms with Crippen molar-refractivity contribution < 1.29 is 9.18 Å². The largest absolute Gasteiger partial charge is 0.356 e. The molecule has 2 aromatic rings. The van der Waals surface area contributed by atoms with Crippen LogP contribution < -0.4 is 5.32 Å². The lowest BCUT2D eigenvalue weighted by Gasteiger charge is -2.06. The molecule has 0 aliphatic rings. The van der Waals surface area contributed by atoms with E-state index in [-0.39, 0.29) is 11.7 Å². The molecular formula is C18H20FNO. The number of nitrogens with one attached hydrogen (secondary N) is 1. The topological polar surface area (TPSA) is 29.1 Å². The van der Waals surface area contributed by atoms with Crippen molar-refractivity contribution in [2.24, 2.45) is 0 Å². The third-order valence-corrected chi connectivity index (χ3v) is 3.39. The summed E-state index contributed by atoms with van der Waals surface area (Å²) in [6, 6.07) is 14.7. The number of carbonyl (C=O) groups is 1. The van der Waals surface area contributed by atoms with Crippen LogP contribution in [-0.2, 0) is 17.6 Å². The molecule has 0 bridgehead atoms. The number of aryl methyl sites for hydroxylation is 2. The molecule has 3 heteroatoms. The molecule has 110 valence electrons. The first-order valence-corrected chi connectivity index (χ1v) is 7.20. The van der Waals surface area contributed by atoms with Gasteiger partial charge in [0.05, 0.1) is 0 Å². The van der Waals surface area contributed by atoms with Gasteiger partial charge in [-0.1, -0.05) is 42.0 Å². The molecule has 0 saturated carbocycles. The Hall–Kier alpha value is -2.16. The number of benzene rings is 2. The van der Waals surface area contributed by atoms with E-state index in [0.29, 0.717) is 19.4 Å². The number of halogens is 1. The number of hydrogen-bond acceptors (Lipinski definition) is 1. The summed E-state index contributed by atoms with van der Waals surface area (Å²) in [6.07, 6.45) is 1.87. The molecule has 2 nitrogen and oxygen atoms in total. The van der Waals surface area contributed by atoms with Crippen LogP contribution in [0.5, 0.6) is 0 Å². The van der Waals surface area contributed by atoms with E-state index in [0.717, 1.165) is 12.0 Å². The molecule has 1 N–H and O–H groups in total. The van der Waals surface area contributed by atoms with E-state index in [2.05, 4.69) is 29.6 Å². The molecule has 0 spiro atoms. The highest BCUT2D eigenvalue weighted by Crippen LogP contribution is 2.06. The minimum atomic E-state index is -0.238. The van der Waals surface area contributed by atoms with Crippen molar-refractivity contribution in [1.29, 1.82) is 0 Å². The van der Waals surface area contributed by atoms with E-state index in [4.69, 9.17) is 0 Å². The highest BCUT2D eigenvalue weighted by atomic mass is 19.1. The van der Waals surface area contributed by atoms with Crippen molar-refractivity contribution in [1.82, 2.24) is 5.32 Å². The molecule has 0 unspecified atom stereocenters. The Balaban J connectivity index is 1.69. The van der Waals surface area contributed by atoms with Gasteiger partial charge in [-0.2, -0.15) is 0 Å². The monoisotopic (exact) mass is 285 g/mol. The molecule has 0 atom stereocenters. The molecule has 0 aromatic heterocycles. The summed E-state index contributed by atoms with van der Waals surface area (Å²) in [5, 5.41) is 2.87. The predicted octanol–water partition coefficient (Wildman–Crippen LogP) is 3.43. The van der Waals surface area contributed by atoms with Gasteiger partial charge in [0.15, 0.2) is 0 Å². The van der Waals surface area contributed by atoms with Crippen molar-refractivity contribution >= 4 is 5.91 Å². The Morgan fingerprint density at radius 1 is 1.05 bits per heavy atom. The quantitative estimate of drug-likeness (QED) is 0.865. The fourth-order valence-electron chi connectivity index (χ4n) is 2.14. The molecule has 1 amide bonds. The Morgan fingerprint density at radius 3 is 2.52 bits per heavy atom. The fourth-order valence-corrected chi connectivity index (χ4v) is 2.14. The molecule has 2 aromatic carbocycles. The summed E-state index contributed by atoms with van der Waals surface area (Å²) in [5.74, 6) is -0.204. The minimum Gasteiger partial charge on any atom is -0.356 e. The van der Waals surface area contributed by atoms with Crippen molar-refractivity contribution in [2.45, 2.75) is 26.2 Å². The van der Waals surface area contributed by atoms with Gasteiger partial charge in [-0.3, -0.25) is 4.79 Å². The summed E-state index contributed by atoms with van der Waals surface area (Å²) >= 11 is 0. The molecule has 2 rings (SSSR count). The third kappa shape index (κ3) is 5.38. The highest BCUT2D eigenvalue weighted by Gasteiger charge is 2.02. The van der Waals surface area contributed by atoms with Gasteiger partial charge in [-0.05, 0) is 43.0 Å². The zero-order chi connectivity index (χ0) is 15.1. The van der Waals surface area contributed by atoms with Crippen LogP contribution in [0.3, 0.4) is 0 Å². The van der Waals surface area contributed by atoms with Gasteiger partial charge in [0, 0.05) is 13.0 Å². The maximum atomic E-state index is 13.0. The molecule has 0 radical (unpaired) electrons. The van der Waals surface area contributed by atoms with Crippen molar-refractivity contribution in [3.05, 3.63) is 71.0 Å². The molecule has 0 heterocycles. The Bertz CT molecular complexity index is 592. The van der Waals surface area contributed by atoms with Gasteiger partial charge < -0.3 is 5.32 Å². The van der Waals surface area contributed by atoms with E-state index < -0.39 is 0 Å². The van der Waals surface area contributed by atoms with Gasteiger partial charge in [0.25, 0.3) is 0 Å². The fraction of sp³-hybridized carbons (Fsp3) is 0.278. The van der Waals surface area contributed by atoms with E-state index in [1.807, 2.05) is 13.0 Å². The Morgan fingerprint density at radius 2 is 1.81 bits per heavy atom. The van der Waals surface area contributed by atoms with Crippen LogP contribution in [0.4, 0.5) is 4.39 Å². The second kappa shape index (κ2) is 7.58. The molecule has 0 fully saturated rings. The number of rotatable bonds is 6. The smallest absolute Gasteiger partial charge is 0.220 e. The highest BCUT2D eigenvalue weighted by molar-refractivity contribution is 5.76. The summed E-state index contributed by atoms with van der Waals surface area (Å²) < 4.78 is 13.0. The summed E-state index contributed by atoms with van der Waals surface area (Å²) in [4.78, 5) is 11.8. The van der Waals surface area contributed by atoms with Gasteiger partial charge in [-0.15, -0.1) is 0 Å². The summed E-state index contributed by atoms with van der Waals surface area (Å²) in [7, 11) is 0. The van der Waals surface area contributed by atoms with Crippen LogP contribution in [-0.4, -0.2) is 12.5 Å². The normalized spacial score (nSPS) is 10.4. The third-order valence-electron chi connectivity index (χ3n) is 3.39. The van der Waals surface area contributed by atoms with Crippen molar-refractivity contribution in [3.8, 4) is 0 Å². The molecule has 21 heavy (non-hydrogen) atoms. The van der Waals surface area contributed by atoms with Crippen LogP contribution >= 0.6 is 0 Å². The van der Waals surface area contributed by atoms with E-state index in [1.165, 1.54) is 23.3 Å². The first kappa shape index (κ1) is 15.2. The lowest BCUT2D eigenvalue weighted by Crippen LogP contribution is -2.25. The van der Waals surface area contributed by atoms with Gasteiger partial charge in [0.2, 0.25) is 5.91 Å². The lowest BCUT2D eigenvalue weighted by molar-refractivity contribution is -0.121. The van der Waals surface area contributed by atoms with E-state index in [1.54, 1.807) is 6.07 Å². The summed E-state index contributed by atoms with van der Waals surface area (Å²) in [6.45, 7) is 2.58. The Kier molecular flexibility index (Phi) is 5.50. The lowest BCUT2D eigenvalue weighted by atomic mass is 10.1. The second-order valence-corrected chi connectivity index (χ2v) is 5.22. The number of amides is 1. The number of hydrogen-bond donors (Lipinski definition) is 1. The minimum absolute atomic E-state index is 0.0342. The Labute approximate surface area is 125 Å². The SMILES string of the molecule is Cc1ccc(CCC(=O)NCCc2cccc(F)c2)cc1.